The summed E-state index contributed by atoms with van der Waals surface area (Å²) in [6.07, 6.45) is 0. The van der Waals surface area contributed by atoms with Crippen LogP contribution >= 0.6 is 0 Å². The van der Waals surface area contributed by atoms with Crippen molar-refractivity contribution in [1.29, 1.82) is 0 Å². The number of rotatable bonds is 3. The molecule has 2 aromatic carbocycles. The topological polar surface area (TPSA) is 26.1 Å². The summed E-state index contributed by atoms with van der Waals surface area (Å²) in [6, 6.07) is 15.6. The van der Waals surface area contributed by atoms with Crippen LogP contribution in [0.1, 0.15) is 0 Å². The summed E-state index contributed by atoms with van der Waals surface area (Å²) >= 11 is 0. The van der Waals surface area contributed by atoms with Gasteiger partial charge in [-0.1, -0.05) is 24.3 Å². The van der Waals surface area contributed by atoms with Crippen LogP contribution in [0.2, 0.25) is 0 Å². The van der Waals surface area contributed by atoms with E-state index in [-0.39, 0.29) is 5.82 Å². The third-order valence-electron chi connectivity index (χ3n) is 1.89. The molecule has 0 aliphatic rings. The lowest BCUT2D eigenvalue weighted by molar-refractivity contribution is 0.628. The second-order valence-corrected chi connectivity index (χ2v) is 3.07. The minimum absolute atomic E-state index is 0.275. The molecule has 1 radical (unpaired) electrons. The van der Waals surface area contributed by atoms with Crippen molar-refractivity contribution in [3.63, 3.8) is 0 Å². The Hall–Kier alpha value is -2.03. The van der Waals surface area contributed by atoms with E-state index < -0.39 is 0 Å². The van der Waals surface area contributed by atoms with E-state index in [0.717, 1.165) is 5.69 Å². The number of nitrogens with zero attached hydrogens (tertiary/aromatic N) is 1. The van der Waals surface area contributed by atoms with Crippen LogP contribution < -0.4 is 10.9 Å². The van der Waals surface area contributed by atoms with Crippen molar-refractivity contribution in [2.24, 2.45) is 0 Å². The van der Waals surface area contributed by atoms with Crippen LogP contribution in [0.15, 0.2) is 54.6 Å². The van der Waals surface area contributed by atoms with E-state index in [1.807, 2.05) is 30.3 Å². The van der Waals surface area contributed by atoms with Crippen molar-refractivity contribution in [1.82, 2.24) is 5.43 Å². The summed E-state index contributed by atoms with van der Waals surface area (Å²) < 4.78 is 12.8. The van der Waals surface area contributed by atoms with Gasteiger partial charge in [-0.2, -0.15) is 5.43 Å². The minimum Gasteiger partial charge on any atom is -0.278 e. The van der Waals surface area contributed by atoms with Gasteiger partial charge in [-0.15, -0.1) is 0 Å². The summed E-state index contributed by atoms with van der Waals surface area (Å²) in [5.41, 5.74) is 8.33. The predicted octanol–water partition coefficient (Wildman–Crippen LogP) is 3.09. The first-order chi connectivity index (χ1) is 7.34. The van der Waals surface area contributed by atoms with Crippen molar-refractivity contribution < 1.29 is 4.39 Å². The van der Waals surface area contributed by atoms with E-state index in [1.54, 1.807) is 12.1 Å². The zero-order valence-corrected chi connectivity index (χ0v) is 8.02. The maximum absolute atomic E-state index is 12.8. The first kappa shape index (κ1) is 9.52. The Labute approximate surface area is 87.7 Å². The van der Waals surface area contributed by atoms with Crippen LogP contribution in [0.5, 0.6) is 0 Å². The van der Waals surface area contributed by atoms with Crippen LogP contribution in [-0.2, 0) is 0 Å². The highest BCUT2D eigenvalue weighted by molar-refractivity contribution is 5.45. The van der Waals surface area contributed by atoms with E-state index in [0.29, 0.717) is 5.69 Å². The van der Waals surface area contributed by atoms with E-state index in [9.17, 15) is 4.39 Å². The Kier molecular flexibility index (Phi) is 2.83. The molecule has 2 nitrogen and oxygen atoms in total. The molecule has 0 unspecified atom stereocenters. The van der Waals surface area contributed by atoms with Crippen LogP contribution in [-0.4, -0.2) is 0 Å². The van der Waals surface area contributed by atoms with Gasteiger partial charge in [0.05, 0.1) is 11.4 Å². The molecule has 0 bridgehead atoms. The molecule has 0 heterocycles. The molecule has 75 valence electrons. The molecule has 1 N–H and O–H groups in total. The van der Waals surface area contributed by atoms with Gasteiger partial charge >= 0.3 is 0 Å². The van der Waals surface area contributed by atoms with Crippen molar-refractivity contribution in [2.75, 3.05) is 5.43 Å². The zero-order chi connectivity index (χ0) is 10.5. The molecule has 15 heavy (non-hydrogen) atoms. The van der Waals surface area contributed by atoms with Crippen LogP contribution in [0.25, 0.3) is 0 Å². The molecule has 0 saturated heterocycles. The number of benzene rings is 2. The molecule has 2 rings (SSSR count). The van der Waals surface area contributed by atoms with Crippen molar-refractivity contribution in [3.05, 3.63) is 60.4 Å². The molecule has 0 saturated carbocycles. The second-order valence-electron chi connectivity index (χ2n) is 3.07. The Balaban J connectivity index is 1.99. The number of para-hydroxylation sites is 1. The average molecular weight is 201 g/mol. The smallest absolute Gasteiger partial charge is 0.125 e. The number of hydrogen-bond acceptors (Lipinski definition) is 1. The Morgan fingerprint density at radius 2 is 1.73 bits per heavy atom. The van der Waals surface area contributed by atoms with Crippen LogP contribution in [0, 0.1) is 5.82 Å². The molecule has 0 amide bonds. The Bertz CT molecular complexity index is 429. The normalized spacial score (nSPS) is 9.67. The highest BCUT2D eigenvalue weighted by atomic mass is 19.1. The first-order valence-corrected chi connectivity index (χ1v) is 4.62. The number of hydrogen-bond donors (Lipinski definition) is 1. The van der Waals surface area contributed by atoms with Crippen LogP contribution in [0.3, 0.4) is 0 Å². The van der Waals surface area contributed by atoms with Gasteiger partial charge in [0.1, 0.15) is 5.82 Å². The molecule has 0 aromatic heterocycles. The standard InChI is InChI=1S/C12H10FN2/c13-10-5-4-8-12(9-10)15-14-11-6-2-1-3-7-11/h1-9,15H. The molecule has 2 aromatic rings. The van der Waals surface area contributed by atoms with Gasteiger partial charge in [-0.25, -0.2) is 4.39 Å². The Morgan fingerprint density at radius 1 is 0.933 bits per heavy atom. The van der Waals surface area contributed by atoms with Gasteiger partial charge in [0, 0.05) is 0 Å². The van der Waals surface area contributed by atoms with Gasteiger partial charge in [0.15, 0.2) is 0 Å². The number of halogens is 1. The quantitative estimate of drug-likeness (QED) is 0.759. The predicted molar refractivity (Wildman–Crippen MR) is 58.3 cm³/mol. The maximum Gasteiger partial charge on any atom is 0.125 e. The summed E-state index contributed by atoms with van der Waals surface area (Å²) in [7, 11) is 0. The fourth-order valence-electron chi connectivity index (χ4n) is 1.19. The van der Waals surface area contributed by atoms with Crippen molar-refractivity contribution in [3.8, 4) is 0 Å². The number of anilines is 1. The fraction of sp³-hybridized carbons (Fsp3) is 0. The lowest BCUT2D eigenvalue weighted by Gasteiger charge is -2.05. The second kappa shape index (κ2) is 4.46. The molecule has 0 atom stereocenters. The Morgan fingerprint density at radius 3 is 2.47 bits per heavy atom. The highest BCUT2D eigenvalue weighted by Gasteiger charge is 1.95. The molecule has 0 spiro atoms. The van der Waals surface area contributed by atoms with Gasteiger partial charge in [-0.3, -0.25) is 5.43 Å². The summed E-state index contributed by atoms with van der Waals surface area (Å²) in [6.45, 7) is 0. The molecular weight excluding hydrogens is 191 g/mol. The van der Waals surface area contributed by atoms with Crippen molar-refractivity contribution in [2.45, 2.75) is 0 Å². The minimum atomic E-state index is -0.275. The van der Waals surface area contributed by atoms with E-state index in [2.05, 4.69) is 10.9 Å². The first-order valence-electron chi connectivity index (χ1n) is 4.62. The van der Waals surface area contributed by atoms with E-state index >= 15 is 0 Å². The lowest BCUT2D eigenvalue weighted by Crippen LogP contribution is -2.06. The van der Waals surface area contributed by atoms with Gasteiger partial charge in [0.2, 0.25) is 0 Å². The third kappa shape index (κ3) is 2.71. The van der Waals surface area contributed by atoms with Crippen molar-refractivity contribution >= 4 is 11.4 Å². The number of nitrogens with one attached hydrogen (secondary N) is 1. The lowest BCUT2D eigenvalue weighted by atomic mass is 10.3. The molecule has 0 aliphatic heterocycles. The van der Waals surface area contributed by atoms with E-state index in [4.69, 9.17) is 0 Å². The average Bonchev–Trinajstić information content (AvgIpc) is 2.28. The van der Waals surface area contributed by atoms with E-state index in [1.165, 1.54) is 12.1 Å². The van der Waals surface area contributed by atoms with Gasteiger partial charge in [0.25, 0.3) is 0 Å². The third-order valence-corrected chi connectivity index (χ3v) is 1.89. The molecule has 3 heteroatoms. The van der Waals surface area contributed by atoms with Gasteiger partial charge in [-0.05, 0) is 30.3 Å². The van der Waals surface area contributed by atoms with Crippen LogP contribution in [0.4, 0.5) is 15.8 Å². The molecule has 0 aliphatic carbocycles. The monoisotopic (exact) mass is 201 g/mol. The maximum atomic E-state index is 12.8. The summed E-state index contributed by atoms with van der Waals surface area (Å²) in [5.74, 6) is -0.275. The van der Waals surface area contributed by atoms with Gasteiger partial charge < -0.3 is 0 Å². The largest absolute Gasteiger partial charge is 0.278 e. The summed E-state index contributed by atoms with van der Waals surface area (Å²) in [5, 5.41) is 0. The molecule has 0 fully saturated rings. The fourth-order valence-corrected chi connectivity index (χ4v) is 1.19. The SMILES string of the molecule is Fc1cccc(N[N]c2ccccc2)c1. The summed E-state index contributed by atoms with van der Waals surface area (Å²) in [4.78, 5) is 0. The highest BCUT2D eigenvalue weighted by Crippen LogP contribution is 2.11. The molecular formula is C12H10FN2. The zero-order valence-electron chi connectivity index (χ0n) is 8.02.